The Balaban J connectivity index is 1.91. The van der Waals surface area contributed by atoms with Crippen LogP contribution >= 0.6 is 0 Å². The van der Waals surface area contributed by atoms with Crippen molar-refractivity contribution in [3.05, 3.63) is 34.9 Å². The number of hydrogen-bond acceptors (Lipinski definition) is 2. The van der Waals surface area contributed by atoms with E-state index >= 15 is 0 Å². The van der Waals surface area contributed by atoms with Crippen LogP contribution in [0.5, 0.6) is 0 Å². The average Bonchev–Trinajstić information content (AvgIpc) is 2.97. The number of hydrogen-bond donors (Lipinski definition) is 1. The summed E-state index contributed by atoms with van der Waals surface area (Å²) < 4.78 is 27.3. The van der Waals surface area contributed by atoms with E-state index in [0.717, 1.165) is 19.3 Å². The van der Waals surface area contributed by atoms with Gasteiger partial charge in [-0.25, -0.2) is 8.78 Å². The normalized spacial score (nSPS) is 29.8. The van der Waals surface area contributed by atoms with Crippen molar-refractivity contribution in [2.24, 2.45) is 5.92 Å². The number of halogens is 2. The van der Waals surface area contributed by atoms with Gasteiger partial charge in [0.15, 0.2) is 17.4 Å². The standard InChI is InChI=1S/C14H15F2NO/c1-7-2-4-9(13(16)12(7)15)14(18)10-6-8-3-5-11(10)17-8/h2,4,8,10-11,17H,3,5-6H2,1H3. The number of nitrogens with one attached hydrogen (secondary N) is 1. The van der Waals surface area contributed by atoms with Crippen LogP contribution in [0.1, 0.15) is 35.2 Å². The van der Waals surface area contributed by atoms with Crippen LogP contribution in [0.25, 0.3) is 0 Å². The molecule has 2 aliphatic rings. The van der Waals surface area contributed by atoms with Gasteiger partial charge in [-0.1, -0.05) is 6.07 Å². The number of benzene rings is 1. The molecule has 0 radical (unpaired) electrons. The second-order valence-corrected chi connectivity index (χ2v) is 5.31. The van der Waals surface area contributed by atoms with Gasteiger partial charge in [0.05, 0.1) is 5.56 Å². The highest BCUT2D eigenvalue weighted by atomic mass is 19.2. The fraction of sp³-hybridized carbons (Fsp3) is 0.500. The molecule has 0 aromatic heterocycles. The van der Waals surface area contributed by atoms with Crippen molar-refractivity contribution in [2.45, 2.75) is 38.3 Å². The van der Waals surface area contributed by atoms with Crippen LogP contribution < -0.4 is 5.32 Å². The number of aryl methyl sites for hydroxylation is 1. The molecule has 18 heavy (non-hydrogen) atoms. The van der Waals surface area contributed by atoms with Crippen molar-refractivity contribution in [3.8, 4) is 0 Å². The molecule has 3 unspecified atom stereocenters. The number of ketones is 1. The van der Waals surface area contributed by atoms with Crippen molar-refractivity contribution < 1.29 is 13.6 Å². The van der Waals surface area contributed by atoms with E-state index in [1.807, 2.05) is 0 Å². The molecule has 96 valence electrons. The molecule has 4 heteroatoms. The molecule has 1 aromatic carbocycles. The molecule has 2 nitrogen and oxygen atoms in total. The first-order valence-corrected chi connectivity index (χ1v) is 6.33. The minimum absolute atomic E-state index is 0.0996. The van der Waals surface area contributed by atoms with Gasteiger partial charge in [-0.2, -0.15) is 0 Å². The molecule has 2 bridgehead atoms. The van der Waals surface area contributed by atoms with Crippen molar-refractivity contribution in [1.82, 2.24) is 5.32 Å². The summed E-state index contributed by atoms with van der Waals surface area (Å²) in [5.74, 6) is -2.36. The first kappa shape index (κ1) is 11.8. The van der Waals surface area contributed by atoms with Gasteiger partial charge in [0.2, 0.25) is 0 Å². The van der Waals surface area contributed by atoms with Crippen LogP contribution in [0.15, 0.2) is 12.1 Å². The SMILES string of the molecule is Cc1ccc(C(=O)C2CC3CCC2N3)c(F)c1F. The van der Waals surface area contributed by atoms with Crippen molar-refractivity contribution in [3.63, 3.8) is 0 Å². The zero-order valence-electron chi connectivity index (χ0n) is 10.2. The third kappa shape index (κ3) is 1.67. The maximum Gasteiger partial charge on any atom is 0.170 e. The first-order valence-electron chi connectivity index (χ1n) is 6.33. The molecule has 0 aliphatic carbocycles. The second kappa shape index (κ2) is 4.12. The molecule has 3 atom stereocenters. The molecule has 3 rings (SSSR count). The third-order valence-electron chi connectivity index (χ3n) is 4.18. The van der Waals surface area contributed by atoms with Crippen molar-refractivity contribution in [1.29, 1.82) is 0 Å². The summed E-state index contributed by atoms with van der Waals surface area (Å²) in [4.78, 5) is 12.3. The maximum atomic E-state index is 13.8. The van der Waals surface area contributed by atoms with Gasteiger partial charge in [0.25, 0.3) is 0 Å². The lowest BCUT2D eigenvalue weighted by atomic mass is 9.83. The van der Waals surface area contributed by atoms with Gasteiger partial charge >= 0.3 is 0 Å². The summed E-state index contributed by atoms with van der Waals surface area (Å²) >= 11 is 0. The Kier molecular flexibility index (Phi) is 2.70. The summed E-state index contributed by atoms with van der Waals surface area (Å²) in [6.45, 7) is 1.49. The highest BCUT2D eigenvalue weighted by Crippen LogP contribution is 2.35. The quantitative estimate of drug-likeness (QED) is 0.819. The number of Topliss-reactive ketones (excluding diaryl/α,β-unsaturated/α-hetero) is 1. The average molecular weight is 251 g/mol. The predicted octanol–water partition coefficient (Wildman–Crippen LogP) is 2.60. The first-order chi connectivity index (χ1) is 8.58. The van der Waals surface area contributed by atoms with E-state index in [-0.39, 0.29) is 28.9 Å². The number of fused-ring (bicyclic) bond motifs is 2. The lowest BCUT2D eigenvalue weighted by Gasteiger charge is -2.19. The lowest BCUT2D eigenvalue weighted by Crippen LogP contribution is -2.29. The van der Waals surface area contributed by atoms with Crippen LogP contribution in [-0.2, 0) is 0 Å². The van der Waals surface area contributed by atoms with Gasteiger partial charge in [-0.05, 0) is 37.8 Å². The maximum absolute atomic E-state index is 13.8. The zero-order chi connectivity index (χ0) is 12.9. The molecule has 2 saturated heterocycles. The molecule has 2 aliphatic heterocycles. The molecular weight excluding hydrogens is 236 g/mol. The van der Waals surface area contributed by atoms with Gasteiger partial charge in [-0.15, -0.1) is 0 Å². The Morgan fingerprint density at radius 2 is 2.06 bits per heavy atom. The Morgan fingerprint density at radius 3 is 2.67 bits per heavy atom. The lowest BCUT2D eigenvalue weighted by molar-refractivity contribution is 0.0895. The molecule has 0 spiro atoms. The summed E-state index contributed by atoms with van der Waals surface area (Å²) in [5, 5.41) is 3.34. The van der Waals surface area contributed by atoms with E-state index in [0.29, 0.717) is 6.04 Å². The highest BCUT2D eigenvalue weighted by Gasteiger charge is 2.43. The Hall–Kier alpha value is -1.29. The molecule has 0 saturated carbocycles. The summed E-state index contributed by atoms with van der Waals surface area (Å²) in [7, 11) is 0. The smallest absolute Gasteiger partial charge is 0.170 e. The second-order valence-electron chi connectivity index (χ2n) is 5.31. The van der Waals surface area contributed by atoms with Gasteiger partial charge in [0, 0.05) is 18.0 Å². The van der Waals surface area contributed by atoms with Crippen LogP contribution in [-0.4, -0.2) is 17.9 Å². The van der Waals surface area contributed by atoms with Crippen LogP contribution in [0.3, 0.4) is 0 Å². The van der Waals surface area contributed by atoms with Crippen LogP contribution in [0.4, 0.5) is 8.78 Å². The van der Waals surface area contributed by atoms with Crippen molar-refractivity contribution in [2.75, 3.05) is 0 Å². The fourth-order valence-corrected chi connectivity index (χ4v) is 3.15. The van der Waals surface area contributed by atoms with E-state index in [4.69, 9.17) is 0 Å². The van der Waals surface area contributed by atoms with E-state index in [9.17, 15) is 13.6 Å². The Labute approximate surface area is 104 Å². The van der Waals surface area contributed by atoms with E-state index in [1.165, 1.54) is 19.1 Å². The Bertz CT molecular complexity index is 515. The molecule has 2 heterocycles. The fourth-order valence-electron chi connectivity index (χ4n) is 3.15. The molecular formula is C14H15F2NO. The monoisotopic (exact) mass is 251 g/mol. The summed E-state index contributed by atoms with van der Waals surface area (Å²) in [5.41, 5.74) is 0.132. The summed E-state index contributed by atoms with van der Waals surface area (Å²) in [6, 6.07) is 3.39. The van der Waals surface area contributed by atoms with Gasteiger partial charge in [0.1, 0.15) is 0 Å². The number of rotatable bonds is 2. The molecule has 1 aromatic rings. The minimum Gasteiger partial charge on any atom is -0.310 e. The third-order valence-corrected chi connectivity index (χ3v) is 4.18. The van der Waals surface area contributed by atoms with E-state index < -0.39 is 11.6 Å². The molecule has 0 amide bonds. The van der Waals surface area contributed by atoms with Gasteiger partial charge in [-0.3, -0.25) is 4.79 Å². The topological polar surface area (TPSA) is 29.1 Å². The molecule has 1 N–H and O–H groups in total. The minimum atomic E-state index is -0.997. The predicted molar refractivity (Wildman–Crippen MR) is 63.5 cm³/mol. The Morgan fingerprint density at radius 1 is 1.28 bits per heavy atom. The van der Waals surface area contributed by atoms with Gasteiger partial charge < -0.3 is 5.32 Å². The van der Waals surface area contributed by atoms with E-state index in [2.05, 4.69) is 5.32 Å². The summed E-state index contributed by atoms with van der Waals surface area (Å²) in [6.07, 6.45) is 2.79. The zero-order valence-corrected chi connectivity index (χ0v) is 10.2. The van der Waals surface area contributed by atoms with E-state index in [1.54, 1.807) is 0 Å². The van der Waals surface area contributed by atoms with Crippen molar-refractivity contribution >= 4 is 5.78 Å². The number of carbonyl (C=O) groups excluding carboxylic acids is 1. The van der Waals surface area contributed by atoms with Crippen LogP contribution in [0, 0.1) is 24.5 Å². The molecule has 2 fully saturated rings. The largest absolute Gasteiger partial charge is 0.310 e. The highest BCUT2D eigenvalue weighted by molar-refractivity contribution is 5.99. The van der Waals surface area contributed by atoms with Crippen LogP contribution in [0.2, 0.25) is 0 Å². The number of carbonyl (C=O) groups is 1.